The minimum absolute atomic E-state index is 0. The van der Waals surface area contributed by atoms with E-state index in [0.29, 0.717) is 97.3 Å². The molecule has 0 bridgehead atoms. The van der Waals surface area contributed by atoms with Crippen molar-refractivity contribution in [1.29, 1.82) is 0 Å². The summed E-state index contributed by atoms with van der Waals surface area (Å²) in [5.74, 6) is -4.15. The first kappa shape index (κ1) is 117. The van der Waals surface area contributed by atoms with Crippen LogP contribution in [0.15, 0.2) is 85.3 Å². The van der Waals surface area contributed by atoms with Crippen LogP contribution in [0.3, 0.4) is 0 Å². The number of ether oxygens (including phenoxy) is 2. The van der Waals surface area contributed by atoms with Gasteiger partial charge in [-0.15, -0.1) is 0 Å². The number of aryl methyl sites for hydroxylation is 4. The molecule has 12 rings (SSSR count). The molecule has 8 aliphatic rings. The monoisotopic (exact) mass is 1850 g/mol. The minimum atomic E-state index is -1.31. The molecule has 3 unspecified atom stereocenters. The van der Waals surface area contributed by atoms with E-state index in [-0.39, 0.29) is 96.2 Å². The van der Waals surface area contributed by atoms with Crippen molar-refractivity contribution >= 4 is 23.7 Å². The number of quaternary nitrogens is 1. The van der Waals surface area contributed by atoms with Gasteiger partial charge in [-0.1, -0.05) is 141 Å². The van der Waals surface area contributed by atoms with E-state index in [9.17, 15) is 62.3 Å². The number of carboxylic acids is 2. The number of carbonyl (C=O) groups is 4. The second kappa shape index (κ2) is 58.3. The number of aliphatic carboxylic acids is 2. The second-order valence-corrected chi connectivity index (χ2v) is 40.4. The van der Waals surface area contributed by atoms with Crippen LogP contribution in [0.2, 0.25) is 0 Å². The molecule has 24 heteroatoms. The predicted molar refractivity (Wildman–Crippen MR) is 503 cm³/mol. The third-order valence-corrected chi connectivity index (χ3v) is 28.7. The number of esters is 1. The van der Waals surface area contributed by atoms with Gasteiger partial charge in [0, 0.05) is 98.1 Å². The van der Waals surface area contributed by atoms with Crippen molar-refractivity contribution in [2.75, 3.05) is 13.2 Å². The third-order valence-electron chi connectivity index (χ3n) is 28.7. The molecular weight excluding hydrogens is 1690 g/mol. The molecule has 8 aliphatic carbocycles. The number of aliphatic hydroxyl groups is 3. The van der Waals surface area contributed by atoms with E-state index < -0.39 is 74.3 Å². The summed E-state index contributed by atoms with van der Waals surface area (Å²) in [4.78, 5) is 60.1. The summed E-state index contributed by atoms with van der Waals surface area (Å²) < 4.78 is 66.7. The number of carbonyl (C=O) groups excluding carboxylic acids is 3. The molecule has 19 nitrogen and oxygen atoms in total. The van der Waals surface area contributed by atoms with E-state index in [4.69, 9.17) is 36.1 Å². The zero-order valence-electron chi connectivity index (χ0n) is 81.8. The molecule has 0 radical (unpaired) electrons. The fraction of sp³-hybridized carbons (Fsp3) is 0.685. The van der Waals surface area contributed by atoms with Crippen molar-refractivity contribution in [3.05, 3.63) is 199 Å². The van der Waals surface area contributed by atoms with Gasteiger partial charge in [-0.05, 0) is 275 Å². The number of rotatable bonds is 33. The smallest absolute Gasteiger partial charge is 0.870 e. The molecule has 0 saturated heterocycles. The van der Waals surface area contributed by atoms with Crippen LogP contribution in [0, 0.1) is 73.2 Å². The summed E-state index contributed by atoms with van der Waals surface area (Å²) in [5.41, 5.74) is -2.78. The zero-order valence-corrected chi connectivity index (χ0v) is 83.8. The van der Waals surface area contributed by atoms with Crippen LogP contribution in [0.5, 0.6) is 0 Å². The number of carboxylic acid groups (broad SMARTS) is 2. The predicted octanol–water partition coefficient (Wildman–Crippen LogP) is 18.9. The standard InChI is InChI=1S/C22H30FNO3.2C20H26FNO3.C18H22FNO.2C12H23N.C4H8O2.Na.H2O/c1-5-27-20(25)15-22(26,17-8-6-7-9-17)13-12-16-10-11-18(19(23)14-16)21(2,3)24-4;2*1-19(2,22-3)16-9-8-14(12-17(16)21)10-11-20(25,13-18(23)24)15-6-4-5-7-15;1-18(2,20-3)15-10-8-13(12-16(15)19)9-11-17(21)14-6-4-5-7-14;2*1-3-7-11(8-4-1)13-12-9-5-2-6-10-12;1-3-6-4(2)5;;/h10-11,14,17,26H,5-9,12-13,15H2,1-3H3;2*8-9,12,15,25H,4-7,10-11,13H2,1-2H3,(H,23,24);8,10,12,14H,4-7,9,11H2,1-2H3;2*11-13H,1-10H2;5H,2-3H2,1H3;;1H2/q;;;;;;;+1;/p-2. The number of hydrogen-bond acceptors (Lipinski definition) is 13. The summed E-state index contributed by atoms with van der Waals surface area (Å²) in [7, 11) is 0. The Morgan fingerprint density at radius 3 is 0.962 bits per heavy atom. The molecule has 3 atom stereocenters. The van der Waals surface area contributed by atoms with E-state index in [0.717, 1.165) is 138 Å². The average molecular weight is 1850 g/mol. The molecule has 8 fully saturated rings. The van der Waals surface area contributed by atoms with Crippen molar-refractivity contribution in [3.8, 4) is 0 Å². The molecule has 8 N–H and O–H groups in total. The van der Waals surface area contributed by atoms with Gasteiger partial charge in [-0.3, -0.25) is 14.4 Å². The maximum atomic E-state index is 14.5. The van der Waals surface area contributed by atoms with Crippen LogP contribution >= 0.6 is 0 Å². The van der Waals surface area contributed by atoms with E-state index in [2.05, 4.69) is 41.3 Å². The van der Waals surface area contributed by atoms with Crippen LogP contribution in [-0.4, -0.2) is 104 Å². The number of nitrogens with zero attached hydrogens (tertiary/aromatic N) is 4. The Morgan fingerprint density at radius 2 is 0.697 bits per heavy atom. The van der Waals surface area contributed by atoms with Crippen LogP contribution in [0.25, 0.3) is 19.4 Å². The van der Waals surface area contributed by atoms with Crippen molar-refractivity contribution in [3.63, 3.8) is 0 Å². The van der Waals surface area contributed by atoms with Gasteiger partial charge in [0.05, 0.1) is 70.6 Å². The Bertz CT molecular complexity index is 4150. The molecule has 0 spiro atoms. The number of ketones is 1. The normalized spacial score (nSPS) is 18.6. The van der Waals surface area contributed by atoms with E-state index in [1.807, 2.05) is 12.1 Å². The molecule has 0 heterocycles. The van der Waals surface area contributed by atoms with E-state index >= 15 is 0 Å². The minimum Gasteiger partial charge on any atom is -0.870 e. The molecule has 4 aromatic carbocycles. The van der Waals surface area contributed by atoms with Gasteiger partial charge in [0.15, 0.2) is 0 Å². The number of nitrogens with two attached hydrogens (primary N) is 1. The van der Waals surface area contributed by atoms with Gasteiger partial charge in [-0.2, -0.15) is 0 Å². The molecule has 132 heavy (non-hydrogen) atoms. The number of Topliss-reactive ketones (excluding diaryl/α,β-unsaturated/α-hetero) is 1. The largest absolute Gasteiger partial charge is 1.00 e. The Kier molecular flexibility index (Phi) is 51.7. The van der Waals surface area contributed by atoms with Crippen LogP contribution in [-0.2, 0) is 76.5 Å². The Balaban J connectivity index is 0.000000331. The SMILES string of the molecule is C1CCC(NC2CCCCC2)CC1.C1CCC([NH2+]C2CCCCC2)CC1.C=C([O-])OCC.[C-]#[N+]C(C)(C)c1ccc(CCC(=O)C2CCCC2)cc1F.[C-]#[N+]C(C)(C)c1ccc(CCC(O)(CC(=O)O)C2CCCC2)cc1F.[C-]#[N+]C(C)(C)c1ccc(CCC(O)(CC(=O)OCC)C2CCCC2)cc1F.[C-]#[N+]C(C)(C)c1ccc(CCC(O)(CC(=O)[O-])C2CCCC2)cc1F.[Na+].[OH-]. The average Bonchev–Trinajstić information content (AvgIpc) is 1.70. The van der Waals surface area contributed by atoms with Gasteiger partial charge in [-0.25, -0.2) is 43.9 Å². The van der Waals surface area contributed by atoms with Gasteiger partial charge >= 0.3 is 41.5 Å². The first-order valence-electron chi connectivity index (χ1n) is 49.2. The summed E-state index contributed by atoms with van der Waals surface area (Å²) in [6, 6.07) is 23.2. The zero-order chi connectivity index (χ0) is 95.7. The molecule has 728 valence electrons. The third kappa shape index (κ3) is 39.4. The van der Waals surface area contributed by atoms with Crippen molar-refractivity contribution in [2.45, 2.75) is 434 Å². The van der Waals surface area contributed by atoms with Gasteiger partial charge < -0.3 is 80.4 Å². The Labute approximate surface area is 810 Å². The molecule has 0 aromatic heterocycles. The quantitative estimate of drug-likeness (QED) is 0.00850. The van der Waals surface area contributed by atoms with Gasteiger partial charge in [0.2, 0.25) is 0 Å². The Morgan fingerprint density at radius 1 is 0.424 bits per heavy atom. The molecule has 0 aliphatic heterocycles. The summed E-state index contributed by atoms with van der Waals surface area (Å²) in [5, 5.41) is 69.5. The molecule has 4 aromatic rings. The number of benzene rings is 4. The first-order valence-corrected chi connectivity index (χ1v) is 49.2. The van der Waals surface area contributed by atoms with Crippen LogP contribution in [0.1, 0.15) is 390 Å². The maximum Gasteiger partial charge on any atom is 1.00 e. The van der Waals surface area contributed by atoms with Crippen LogP contribution < -0.4 is 50.4 Å². The molecule has 8 saturated carbocycles. The van der Waals surface area contributed by atoms with Crippen LogP contribution in [0.4, 0.5) is 17.6 Å². The topological polar surface area (TPSA) is 290 Å². The Hall–Kier alpha value is -7.26. The maximum absolute atomic E-state index is 14.5. The van der Waals surface area contributed by atoms with Crippen molar-refractivity contribution in [2.24, 2.45) is 23.7 Å². The first-order chi connectivity index (χ1) is 61.7. The number of halogens is 4. The second-order valence-electron chi connectivity index (χ2n) is 40.4. The van der Waals surface area contributed by atoms with E-state index in [1.165, 1.54) is 153 Å². The summed E-state index contributed by atoms with van der Waals surface area (Å²) in [6.07, 6.45) is 47.8. The van der Waals surface area contributed by atoms with Crippen molar-refractivity contribution in [1.82, 2.24) is 5.32 Å². The fourth-order valence-electron chi connectivity index (χ4n) is 20.6. The number of nitrogens with one attached hydrogen (secondary N) is 1. The fourth-order valence-corrected chi connectivity index (χ4v) is 20.6. The number of hydrogen-bond donors (Lipinski definition) is 6. The molecular formula is C108H158F4N6NaO13-. The summed E-state index contributed by atoms with van der Waals surface area (Å²) >= 11 is 0. The van der Waals surface area contributed by atoms with E-state index in [1.54, 1.807) is 106 Å². The van der Waals surface area contributed by atoms with Crippen molar-refractivity contribution < 1.29 is 117 Å². The van der Waals surface area contributed by atoms with Gasteiger partial charge in [0.25, 0.3) is 22.2 Å². The van der Waals surface area contributed by atoms with Gasteiger partial charge in [0.1, 0.15) is 29.1 Å². The molecule has 0 amide bonds. The summed E-state index contributed by atoms with van der Waals surface area (Å²) in [6.45, 7) is 49.4.